The van der Waals surface area contributed by atoms with E-state index in [0.29, 0.717) is 37.0 Å². The lowest BCUT2D eigenvalue weighted by atomic mass is 10.1. The highest BCUT2D eigenvalue weighted by Gasteiger charge is 2.24. The second-order valence-electron chi connectivity index (χ2n) is 8.06. The summed E-state index contributed by atoms with van der Waals surface area (Å²) in [5.74, 6) is 1.81. The normalized spacial score (nSPS) is 12.8. The topological polar surface area (TPSA) is 116 Å². The maximum Gasteiger partial charge on any atom is 0.229 e. The Labute approximate surface area is 196 Å². The van der Waals surface area contributed by atoms with E-state index in [-0.39, 0.29) is 12.5 Å². The third-order valence-electron chi connectivity index (χ3n) is 5.74. The minimum atomic E-state index is -0.0492. The number of carbonyl (C=O) groups is 1. The number of rotatable bonds is 6. The maximum atomic E-state index is 12.0. The first-order chi connectivity index (χ1) is 16.6. The first kappa shape index (κ1) is 21.6. The lowest BCUT2D eigenvalue weighted by molar-refractivity contribution is -0.129. The van der Waals surface area contributed by atoms with Crippen molar-refractivity contribution in [3.63, 3.8) is 0 Å². The highest BCUT2D eigenvalue weighted by molar-refractivity contribution is 5.74. The quantitative estimate of drug-likeness (QED) is 0.398. The van der Waals surface area contributed by atoms with Gasteiger partial charge in [0.1, 0.15) is 5.82 Å². The molecule has 0 atom stereocenters. The van der Waals surface area contributed by atoms with Gasteiger partial charge in [0.15, 0.2) is 12.2 Å². The molecule has 3 heterocycles. The van der Waals surface area contributed by atoms with Gasteiger partial charge in [-0.1, -0.05) is 12.1 Å². The van der Waals surface area contributed by atoms with E-state index in [1.807, 2.05) is 48.5 Å². The number of aliphatic hydroxyl groups excluding tert-OH is 1. The number of benzene rings is 2. The number of oxazole rings is 1. The first-order valence-electron chi connectivity index (χ1n) is 11.0. The molecule has 3 N–H and O–H groups in total. The Hall–Kier alpha value is -4.24. The molecule has 34 heavy (non-hydrogen) atoms. The number of carbonyl (C=O) groups excluding carboxylic acids is 1. The van der Waals surface area contributed by atoms with Gasteiger partial charge in [-0.3, -0.25) is 4.79 Å². The molecule has 0 fully saturated rings. The van der Waals surface area contributed by atoms with Crippen LogP contribution in [0.15, 0.2) is 65.5 Å². The molecule has 5 rings (SSSR count). The van der Waals surface area contributed by atoms with Crippen LogP contribution in [-0.2, 0) is 24.4 Å². The predicted molar refractivity (Wildman–Crippen MR) is 128 cm³/mol. The van der Waals surface area contributed by atoms with Crippen molar-refractivity contribution in [3.05, 3.63) is 77.9 Å². The van der Waals surface area contributed by atoms with Crippen molar-refractivity contribution in [1.82, 2.24) is 19.9 Å². The van der Waals surface area contributed by atoms with E-state index in [1.165, 1.54) is 6.39 Å². The fourth-order valence-electron chi connectivity index (χ4n) is 3.93. The van der Waals surface area contributed by atoms with Gasteiger partial charge in [-0.05, 0) is 42.0 Å². The third kappa shape index (κ3) is 4.60. The number of hydrogen-bond acceptors (Lipinski definition) is 8. The van der Waals surface area contributed by atoms with Gasteiger partial charge in [-0.2, -0.15) is 4.98 Å². The van der Waals surface area contributed by atoms with Crippen LogP contribution in [0, 0.1) is 0 Å². The van der Waals surface area contributed by atoms with Crippen molar-refractivity contribution in [2.75, 3.05) is 17.2 Å². The highest BCUT2D eigenvalue weighted by Crippen LogP contribution is 2.29. The number of aliphatic hydroxyl groups is 1. The molecule has 0 bridgehead atoms. The summed E-state index contributed by atoms with van der Waals surface area (Å²) in [6.07, 6.45) is 3.71. The van der Waals surface area contributed by atoms with Crippen LogP contribution in [0.25, 0.3) is 11.3 Å². The zero-order valence-corrected chi connectivity index (χ0v) is 18.7. The molecule has 2 aromatic carbocycles. The third-order valence-corrected chi connectivity index (χ3v) is 5.74. The van der Waals surface area contributed by atoms with Crippen molar-refractivity contribution < 1.29 is 14.3 Å². The van der Waals surface area contributed by atoms with Crippen LogP contribution in [0.1, 0.15) is 23.7 Å². The molecule has 1 amide bonds. The van der Waals surface area contributed by atoms with Gasteiger partial charge in [-0.15, -0.1) is 0 Å². The Bertz CT molecular complexity index is 1300. The molecular formula is C25H24N6O3. The minimum absolute atomic E-state index is 0.0212. The summed E-state index contributed by atoms with van der Waals surface area (Å²) in [6.45, 7) is 2.58. The van der Waals surface area contributed by atoms with E-state index < -0.39 is 0 Å². The van der Waals surface area contributed by atoms with Crippen molar-refractivity contribution in [1.29, 1.82) is 0 Å². The van der Waals surface area contributed by atoms with E-state index in [1.54, 1.807) is 18.0 Å². The SMILES string of the molecule is CC(=O)N1CCc2nc(Nc3ccc(-c4cnco4)cc3)nc(Nc3cccc(CO)c3)c2C1. The molecule has 2 aromatic heterocycles. The van der Waals surface area contributed by atoms with Crippen LogP contribution >= 0.6 is 0 Å². The van der Waals surface area contributed by atoms with Crippen LogP contribution < -0.4 is 10.6 Å². The van der Waals surface area contributed by atoms with Crippen LogP contribution in [-0.4, -0.2) is 37.4 Å². The smallest absolute Gasteiger partial charge is 0.229 e. The molecule has 1 aliphatic rings. The summed E-state index contributed by atoms with van der Waals surface area (Å²) in [5.41, 5.74) is 5.14. The lowest BCUT2D eigenvalue weighted by Gasteiger charge is -2.29. The zero-order valence-electron chi connectivity index (χ0n) is 18.7. The van der Waals surface area contributed by atoms with Crippen LogP contribution in [0.5, 0.6) is 0 Å². The largest absolute Gasteiger partial charge is 0.444 e. The van der Waals surface area contributed by atoms with E-state index in [0.717, 1.165) is 33.8 Å². The molecular weight excluding hydrogens is 432 g/mol. The molecule has 9 heteroatoms. The Balaban J connectivity index is 1.46. The first-order valence-corrected chi connectivity index (χ1v) is 11.0. The number of hydrogen-bond donors (Lipinski definition) is 3. The van der Waals surface area contributed by atoms with E-state index in [2.05, 4.69) is 15.6 Å². The monoisotopic (exact) mass is 456 g/mol. The van der Waals surface area contributed by atoms with Gasteiger partial charge in [0.2, 0.25) is 11.9 Å². The van der Waals surface area contributed by atoms with Gasteiger partial charge in [0.25, 0.3) is 0 Å². The lowest BCUT2D eigenvalue weighted by Crippen LogP contribution is -2.35. The van der Waals surface area contributed by atoms with Crippen LogP contribution in [0.4, 0.5) is 23.1 Å². The number of nitrogens with zero attached hydrogens (tertiary/aromatic N) is 4. The van der Waals surface area contributed by atoms with Gasteiger partial charge in [-0.25, -0.2) is 9.97 Å². The summed E-state index contributed by atoms with van der Waals surface area (Å²) < 4.78 is 5.35. The van der Waals surface area contributed by atoms with Gasteiger partial charge in [0, 0.05) is 42.4 Å². The van der Waals surface area contributed by atoms with Crippen LogP contribution in [0.3, 0.4) is 0 Å². The molecule has 0 radical (unpaired) electrons. The standard InChI is InChI=1S/C25H24N6O3/c1-16(33)31-10-9-22-21(13-31)24(27-20-4-2-3-17(11-20)14-32)30-25(29-22)28-19-7-5-18(6-8-19)23-12-26-15-34-23/h2-8,11-12,15,32H,9-10,13-14H2,1H3,(H2,27,28,29,30). The van der Waals surface area contributed by atoms with Crippen molar-refractivity contribution in [2.24, 2.45) is 0 Å². The summed E-state index contributed by atoms with van der Waals surface area (Å²) in [4.78, 5) is 27.2. The van der Waals surface area contributed by atoms with E-state index in [4.69, 9.17) is 14.4 Å². The Morgan fingerprint density at radius 1 is 1.12 bits per heavy atom. The molecule has 172 valence electrons. The van der Waals surface area contributed by atoms with Crippen molar-refractivity contribution in [2.45, 2.75) is 26.5 Å². The zero-order chi connectivity index (χ0) is 23.5. The second kappa shape index (κ2) is 9.32. The van der Waals surface area contributed by atoms with Crippen molar-refractivity contribution in [3.8, 4) is 11.3 Å². The molecule has 0 saturated carbocycles. The molecule has 4 aromatic rings. The molecule has 0 unspecified atom stereocenters. The van der Waals surface area contributed by atoms with E-state index in [9.17, 15) is 9.90 Å². The maximum absolute atomic E-state index is 12.0. The van der Waals surface area contributed by atoms with E-state index >= 15 is 0 Å². The summed E-state index contributed by atoms with van der Waals surface area (Å²) in [5, 5.41) is 16.1. The number of fused-ring (bicyclic) bond motifs is 1. The molecule has 9 nitrogen and oxygen atoms in total. The average molecular weight is 457 g/mol. The summed E-state index contributed by atoms with van der Waals surface area (Å²) >= 11 is 0. The average Bonchev–Trinajstić information content (AvgIpc) is 3.39. The predicted octanol–water partition coefficient (Wildman–Crippen LogP) is 4.02. The Kier molecular flexibility index (Phi) is 5.92. The summed E-state index contributed by atoms with van der Waals surface area (Å²) in [7, 11) is 0. The number of anilines is 4. The molecule has 0 aliphatic carbocycles. The van der Waals surface area contributed by atoms with Gasteiger partial charge < -0.3 is 25.1 Å². The Morgan fingerprint density at radius 2 is 1.97 bits per heavy atom. The number of aromatic nitrogens is 3. The minimum Gasteiger partial charge on any atom is -0.444 e. The van der Waals surface area contributed by atoms with Crippen LogP contribution in [0.2, 0.25) is 0 Å². The fraction of sp³-hybridized carbons (Fsp3) is 0.200. The van der Waals surface area contributed by atoms with Crippen molar-refractivity contribution >= 4 is 29.0 Å². The molecule has 1 aliphatic heterocycles. The highest BCUT2D eigenvalue weighted by atomic mass is 16.3. The molecule has 0 spiro atoms. The molecule has 0 saturated heterocycles. The number of amides is 1. The second-order valence-corrected chi connectivity index (χ2v) is 8.06. The van der Waals surface area contributed by atoms with Gasteiger partial charge >= 0.3 is 0 Å². The van der Waals surface area contributed by atoms with Gasteiger partial charge in [0.05, 0.1) is 25.0 Å². The Morgan fingerprint density at radius 3 is 2.71 bits per heavy atom. The fourth-order valence-corrected chi connectivity index (χ4v) is 3.93. The number of nitrogens with one attached hydrogen (secondary N) is 2. The summed E-state index contributed by atoms with van der Waals surface area (Å²) in [6, 6.07) is 15.2.